The molecule has 0 aromatic carbocycles. The van der Waals surface area contributed by atoms with Gasteiger partial charge in [0.25, 0.3) is 0 Å². The number of hydrogen-bond donors (Lipinski definition) is 1. The molecule has 1 atom stereocenters. The van der Waals surface area contributed by atoms with Gasteiger partial charge in [0.15, 0.2) is 0 Å². The Kier molecular flexibility index (Phi) is 3.73. The fraction of sp³-hybridized carbons (Fsp3) is 0.667. The second-order valence-corrected chi connectivity index (χ2v) is 3.23. The van der Waals surface area contributed by atoms with E-state index in [1.54, 1.807) is 10.7 Å². The number of rotatable bonds is 4. The van der Waals surface area contributed by atoms with Crippen LogP contribution in [-0.4, -0.2) is 23.0 Å². The molecule has 0 radical (unpaired) electrons. The van der Waals surface area contributed by atoms with Gasteiger partial charge in [-0.05, 0) is 20.0 Å². The number of nitrogens with zero attached hydrogens (tertiary/aromatic N) is 2. The maximum atomic E-state index is 12.3. The standard InChI is InChI=1S/C9H14F3N3/c1-3-15-8(4-5-14-15)7(13-2)6-9(10,11)12/h4-5,7,13H,3,6H2,1-2H3. The minimum Gasteiger partial charge on any atom is -0.311 e. The third-order valence-corrected chi connectivity index (χ3v) is 2.19. The van der Waals surface area contributed by atoms with Crippen molar-refractivity contribution in [1.29, 1.82) is 0 Å². The molecule has 0 bridgehead atoms. The highest BCUT2D eigenvalue weighted by Gasteiger charge is 2.33. The normalized spacial score (nSPS) is 14.2. The molecule has 15 heavy (non-hydrogen) atoms. The van der Waals surface area contributed by atoms with Gasteiger partial charge in [-0.2, -0.15) is 18.3 Å². The van der Waals surface area contributed by atoms with E-state index in [0.717, 1.165) is 0 Å². The predicted molar refractivity (Wildman–Crippen MR) is 50.4 cm³/mol. The van der Waals surface area contributed by atoms with Crippen molar-refractivity contribution >= 4 is 0 Å². The van der Waals surface area contributed by atoms with Crippen molar-refractivity contribution in [3.05, 3.63) is 18.0 Å². The Labute approximate surface area is 86.3 Å². The van der Waals surface area contributed by atoms with Gasteiger partial charge in [0.05, 0.1) is 18.2 Å². The van der Waals surface area contributed by atoms with Crippen LogP contribution in [0.3, 0.4) is 0 Å². The van der Waals surface area contributed by atoms with E-state index in [1.807, 2.05) is 6.92 Å². The van der Waals surface area contributed by atoms with Crippen LogP contribution in [0.1, 0.15) is 25.1 Å². The lowest BCUT2D eigenvalue weighted by Gasteiger charge is -2.18. The van der Waals surface area contributed by atoms with Gasteiger partial charge in [0.1, 0.15) is 0 Å². The summed E-state index contributed by atoms with van der Waals surface area (Å²) in [6.45, 7) is 2.41. The molecule has 0 fully saturated rings. The van der Waals surface area contributed by atoms with Gasteiger partial charge in [-0.25, -0.2) is 0 Å². The molecule has 3 nitrogen and oxygen atoms in total. The Morgan fingerprint density at radius 2 is 2.20 bits per heavy atom. The summed E-state index contributed by atoms with van der Waals surface area (Å²) in [5, 5.41) is 6.60. The smallest absolute Gasteiger partial charge is 0.311 e. The molecule has 0 aliphatic heterocycles. The van der Waals surface area contributed by atoms with Crippen LogP contribution in [0.4, 0.5) is 13.2 Å². The largest absolute Gasteiger partial charge is 0.390 e. The van der Waals surface area contributed by atoms with E-state index in [4.69, 9.17) is 0 Å². The lowest BCUT2D eigenvalue weighted by Crippen LogP contribution is -2.26. The summed E-state index contributed by atoms with van der Waals surface area (Å²) < 4.78 is 38.3. The summed E-state index contributed by atoms with van der Waals surface area (Å²) in [5.41, 5.74) is 0.567. The van der Waals surface area contributed by atoms with E-state index < -0.39 is 18.6 Å². The summed E-state index contributed by atoms with van der Waals surface area (Å²) in [5.74, 6) is 0. The Bertz CT molecular complexity index is 306. The molecule has 1 N–H and O–H groups in total. The first-order valence-electron chi connectivity index (χ1n) is 4.73. The molecular formula is C9H14F3N3. The monoisotopic (exact) mass is 221 g/mol. The molecule has 0 saturated carbocycles. The maximum Gasteiger partial charge on any atom is 0.390 e. The zero-order chi connectivity index (χ0) is 11.5. The molecule has 6 heteroatoms. The number of hydrogen-bond acceptors (Lipinski definition) is 2. The van der Waals surface area contributed by atoms with Crippen LogP contribution in [0.5, 0.6) is 0 Å². The molecule has 86 valence electrons. The predicted octanol–water partition coefficient (Wildman–Crippen LogP) is 2.12. The van der Waals surface area contributed by atoms with Gasteiger partial charge in [-0.15, -0.1) is 0 Å². The fourth-order valence-electron chi connectivity index (χ4n) is 1.49. The molecule has 1 aromatic heterocycles. The Balaban J connectivity index is 2.83. The van der Waals surface area contributed by atoms with E-state index in [-0.39, 0.29) is 0 Å². The topological polar surface area (TPSA) is 29.9 Å². The van der Waals surface area contributed by atoms with E-state index in [2.05, 4.69) is 10.4 Å². The zero-order valence-electron chi connectivity index (χ0n) is 8.67. The molecule has 0 spiro atoms. The first-order chi connectivity index (χ1) is 6.98. The van der Waals surface area contributed by atoms with Crippen LogP contribution in [0.25, 0.3) is 0 Å². The van der Waals surface area contributed by atoms with Crippen molar-refractivity contribution in [2.45, 2.75) is 32.1 Å². The van der Waals surface area contributed by atoms with Gasteiger partial charge >= 0.3 is 6.18 Å². The summed E-state index contributed by atoms with van der Waals surface area (Å²) in [4.78, 5) is 0. The maximum absolute atomic E-state index is 12.3. The molecule has 1 rings (SSSR count). The van der Waals surface area contributed by atoms with Crippen LogP contribution < -0.4 is 5.32 Å². The second-order valence-electron chi connectivity index (χ2n) is 3.23. The fourth-order valence-corrected chi connectivity index (χ4v) is 1.49. The number of aromatic nitrogens is 2. The number of nitrogens with one attached hydrogen (secondary N) is 1. The molecule has 0 amide bonds. The van der Waals surface area contributed by atoms with Crippen molar-refractivity contribution in [2.24, 2.45) is 0 Å². The number of alkyl halides is 3. The summed E-state index contributed by atoms with van der Waals surface area (Å²) in [7, 11) is 1.52. The van der Waals surface area contributed by atoms with Crippen molar-refractivity contribution in [1.82, 2.24) is 15.1 Å². The van der Waals surface area contributed by atoms with Crippen molar-refractivity contribution < 1.29 is 13.2 Å². The van der Waals surface area contributed by atoms with Gasteiger partial charge in [-0.3, -0.25) is 4.68 Å². The molecular weight excluding hydrogens is 207 g/mol. The molecule has 1 aromatic rings. The first kappa shape index (κ1) is 12.0. The Hall–Kier alpha value is -1.04. The zero-order valence-corrected chi connectivity index (χ0v) is 8.67. The van der Waals surface area contributed by atoms with Crippen LogP contribution in [0.2, 0.25) is 0 Å². The van der Waals surface area contributed by atoms with E-state index in [1.165, 1.54) is 13.2 Å². The minimum absolute atomic E-state index is 0.567. The van der Waals surface area contributed by atoms with Crippen LogP contribution in [0.15, 0.2) is 12.3 Å². The van der Waals surface area contributed by atoms with Gasteiger partial charge in [-0.1, -0.05) is 0 Å². The average Bonchev–Trinajstić information content (AvgIpc) is 2.60. The van der Waals surface area contributed by atoms with Gasteiger partial charge < -0.3 is 5.32 Å². The summed E-state index contributed by atoms with van der Waals surface area (Å²) in [6.07, 6.45) is -3.54. The van der Waals surface area contributed by atoms with E-state index in [9.17, 15) is 13.2 Å². The van der Waals surface area contributed by atoms with Crippen molar-refractivity contribution in [3.63, 3.8) is 0 Å². The third kappa shape index (κ3) is 3.23. The molecule has 0 aliphatic carbocycles. The summed E-state index contributed by atoms with van der Waals surface area (Å²) >= 11 is 0. The number of aryl methyl sites for hydroxylation is 1. The highest BCUT2D eigenvalue weighted by Crippen LogP contribution is 2.28. The van der Waals surface area contributed by atoms with Crippen LogP contribution in [0, 0.1) is 0 Å². The SMILES string of the molecule is CCn1nccc1C(CC(F)(F)F)NC. The third-order valence-electron chi connectivity index (χ3n) is 2.19. The molecule has 0 aliphatic rings. The van der Waals surface area contributed by atoms with Crippen LogP contribution >= 0.6 is 0 Å². The molecule has 0 saturated heterocycles. The summed E-state index contributed by atoms with van der Waals surface area (Å²) in [6, 6.07) is 0.878. The van der Waals surface area contributed by atoms with Crippen molar-refractivity contribution in [2.75, 3.05) is 7.05 Å². The van der Waals surface area contributed by atoms with Gasteiger partial charge in [0, 0.05) is 12.7 Å². The molecule has 1 unspecified atom stereocenters. The quantitative estimate of drug-likeness (QED) is 0.844. The van der Waals surface area contributed by atoms with Crippen molar-refractivity contribution in [3.8, 4) is 0 Å². The number of halogens is 3. The van der Waals surface area contributed by atoms with Crippen LogP contribution in [-0.2, 0) is 6.54 Å². The highest BCUT2D eigenvalue weighted by molar-refractivity contribution is 5.07. The second kappa shape index (κ2) is 4.65. The average molecular weight is 221 g/mol. The van der Waals surface area contributed by atoms with Gasteiger partial charge in [0.2, 0.25) is 0 Å². The lowest BCUT2D eigenvalue weighted by atomic mass is 10.1. The molecule has 1 heterocycles. The Morgan fingerprint density at radius 1 is 1.53 bits per heavy atom. The minimum atomic E-state index is -4.17. The van der Waals surface area contributed by atoms with E-state index >= 15 is 0 Å². The van der Waals surface area contributed by atoms with E-state index in [0.29, 0.717) is 12.2 Å². The highest BCUT2D eigenvalue weighted by atomic mass is 19.4. The lowest BCUT2D eigenvalue weighted by molar-refractivity contribution is -0.140. The Morgan fingerprint density at radius 3 is 2.67 bits per heavy atom. The first-order valence-corrected chi connectivity index (χ1v) is 4.73.